The fourth-order valence-electron chi connectivity index (χ4n) is 4.00. The van der Waals surface area contributed by atoms with Crippen molar-refractivity contribution in [2.24, 2.45) is 5.92 Å². The molecule has 2 aromatic rings. The first-order valence-corrected chi connectivity index (χ1v) is 10.5. The van der Waals surface area contributed by atoms with E-state index in [1.807, 2.05) is 24.5 Å². The van der Waals surface area contributed by atoms with Crippen molar-refractivity contribution < 1.29 is 4.39 Å². The van der Waals surface area contributed by atoms with Crippen molar-refractivity contribution in [3.63, 3.8) is 0 Å². The molecule has 4 nitrogen and oxygen atoms in total. The van der Waals surface area contributed by atoms with Gasteiger partial charge in [0.25, 0.3) is 0 Å². The lowest BCUT2D eigenvalue weighted by atomic mass is 9.97. The van der Waals surface area contributed by atoms with Crippen LogP contribution in [0, 0.1) is 11.7 Å². The molecule has 1 atom stereocenters. The molecule has 0 bridgehead atoms. The lowest BCUT2D eigenvalue weighted by Crippen LogP contribution is -2.40. The SMILES string of the molecule is CC(C)c1ncc(CN(C)C[C@H]2CCCN(CCc3ccc(F)cc3)C2)cn1. The molecule has 1 aromatic heterocycles. The summed E-state index contributed by atoms with van der Waals surface area (Å²) in [6.45, 7) is 9.60. The lowest BCUT2D eigenvalue weighted by molar-refractivity contribution is 0.142. The van der Waals surface area contributed by atoms with E-state index < -0.39 is 0 Å². The van der Waals surface area contributed by atoms with Crippen molar-refractivity contribution in [3.05, 3.63) is 59.4 Å². The van der Waals surface area contributed by atoms with Gasteiger partial charge < -0.3 is 9.80 Å². The van der Waals surface area contributed by atoms with Gasteiger partial charge in [0.1, 0.15) is 11.6 Å². The van der Waals surface area contributed by atoms with Crippen molar-refractivity contribution >= 4 is 0 Å². The zero-order valence-corrected chi connectivity index (χ0v) is 17.4. The van der Waals surface area contributed by atoms with E-state index in [0.29, 0.717) is 11.8 Å². The smallest absolute Gasteiger partial charge is 0.130 e. The van der Waals surface area contributed by atoms with E-state index >= 15 is 0 Å². The predicted molar refractivity (Wildman–Crippen MR) is 112 cm³/mol. The van der Waals surface area contributed by atoms with Gasteiger partial charge in [-0.15, -0.1) is 0 Å². The van der Waals surface area contributed by atoms with Crippen molar-refractivity contribution in [2.45, 2.75) is 45.6 Å². The second-order valence-corrected chi connectivity index (χ2v) is 8.49. The molecule has 3 rings (SSSR count). The highest BCUT2D eigenvalue weighted by molar-refractivity contribution is 5.16. The number of rotatable bonds is 8. The maximum absolute atomic E-state index is 13.0. The Kier molecular flexibility index (Phi) is 7.51. The largest absolute Gasteiger partial charge is 0.303 e. The Balaban J connectivity index is 1.43. The molecule has 1 fully saturated rings. The highest BCUT2D eigenvalue weighted by Gasteiger charge is 2.21. The van der Waals surface area contributed by atoms with Crippen LogP contribution in [0.25, 0.3) is 0 Å². The number of halogens is 1. The molecule has 152 valence electrons. The van der Waals surface area contributed by atoms with Crippen LogP contribution in [0.5, 0.6) is 0 Å². The summed E-state index contributed by atoms with van der Waals surface area (Å²) < 4.78 is 13.0. The third kappa shape index (κ3) is 6.35. The third-order valence-corrected chi connectivity index (χ3v) is 5.50. The first kappa shape index (κ1) is 20.9. The van der Waals surface area contributed by atoms with Gasteiger partial charge in [-0.05, 0) is 56.5 Å². The van der Waals surface area contributed by atoms with Crippen LogP contribution in [0.3, 0.4) is 0 Å². The molecule has 0 saturated carbocycles. The standard InChI is InChI=1S/C23H33FN4/c1-18(2)23-25-13-21(14-26-23)16-27(3)15-20-5-4-11-28(17-20)12-10-19-6-8-22(24)9-7-19/h6-9,13-14,18,20H,4-5,10-12,15-17H2,1-3H3/t20-/m1/s1. The van der Waals surface area contributed by atoms with Gasteiger partial charge in [-0.1, -0.05) is 26.0 Å². The summed E-state index contributed by atoms with van der Waals surface area (Å²) in [7, 11) is 2.19. The third-order valence-electron chi connectivity index (χ3n) is 5.50. The van der Waals surface area contributed by atoms with E-state index in [1.165, 1.54) is 30.5 Å². The Morgan fingerprint density at radius 3 is 2.54 bits per heavy atom. The summed E-state index contributed by atoms with van der Waals surface area (Å²) in [5.41, 5.74) is 2.39. The molecule has 0 aliphatic carbocycles. The first-order valence-electron chi connectivity index (χ1n) is 10.5. The number of hydrogen-bond donors (Lipinski definition) is 0. The van der Waals surface area contributed by atoms with Gasteiger partial charge >= 0.3 is 0 Å². The number of piperidine rings is 1. The maximum atomic E-state index is 13.0. The van der Waals surface area contributed by atoms with Crippen molar-refractivity contribution in [1.82, 2.24) is 19.8 Å². The summed E-state index contributed by atoms with van der Waals surface area (Å²) in [6.07, 6.45) is 7.47. The first-order chi connectivity index (χ1) is 13.5. The maximum Gasteiger partial charge on any atom is 0.130 e. The van der Waals surface area contributed by atoms with Crippen molar-refractivity contribution in [2.75, 3.05) is 33.2 Å². The zero-order valence-electron chi connectivity index (χ0n) is 17.4. The summed E-state index contributed by atoms with van der Waals surface area (Å²) >= 11 is 0. The van der Waals surface area contributed by atoms with Gasteiger partial charge in [-0.2, -0.15) is 0 Å². The molecule has 0 unspecified atom stereocenters. The molecule has 0 spiro atoms. The second kappa shape index (κ2) is 10.1. The molecule has 1 saturated heterocycles. The van der Waals surface area contributed by atoms with Gasteiger partial charge in [0.15, 0.2) is 0 Å². The number of likely N-dealkylation sites (tertiary alicyclic amines) is 1. The Morgan fingerprint density at radius 1 is 1.14 bits per heavy atom. The van der Waals surface area contributed by atoms with Crippen LogP contribution in [0.1, 0.15) is 49.6 Å². The molecule has 0 amide bonds. The van der Waals surface area contributed by atoms with Gasteiger partial charge in [-0.25, -0.2) is 14.4 Å². The van der Waals surface area contributed by atoms with Gasteiger partial charge in [-0.3, -0.25) is 0 Å². The average molecular weight is 385 g/mol. The highest BCUT2D eigenvalue weighted by atomic mass is 19.1. The van der Waals surface area contributed by atoms with E-state index in [2.05, 4.69) is 40.7 Å². The molecule has 0 radical (unpaired) electrons. The monoisotopic (exact) mass is 384 g/mol. The molecule has 2 heterocycles. The normalized spacial score (nSPS) is 18.1. The van der Waals surface area contributed by atoms with E-state index in [4.69, 9.17) is 0 Å². The molecular weight excluding hydrogens is 351 g/mol. The minimum Gasteiger partial charge on any atom is -0.303 e. The van der Waals surface area contributed by atoms with Crippen LogP contribution in [0.4, 0.5) is 4.39 Å². The summed E-state index contributed by atoms with van der Waals surface area (Å²) in [4.78, 5) is 13.9. The molecular formula is C23H33FN4. The number of aromatic nitrogens is 2. The van der Waals surface area contributed by atoms with E-state index in [-0.39, 0.29) is 5.82 Å². The predicted octanol–water partition coefficient (Wildman–Crippen LogP) is 4.13. The van der Waals surface area contributed by atoms with E-state index in [9.17, 15) is 4.39 Å². The number of nitrogens with zero attached hydrogens (tertiary/aromatic N) is 4. The van der Waals surface area contributed by atoms with E-state index in [1.54, 1.807) is 12.1 Å². The topological polar surface area (TPSA) is 32.3 Å². The minimum absolute atomic E-state index is 0.158. The Bertz CT molecular complexity index is 714. The van der Waals surface area contributed by atoms with Crippen LogP contribution >= 0.6 is 0 Å². The lowest BCUT2D eigenvalue weighted by Gasteiger charge is -2.34. The summed E-state index contributed by atoms with van der Waals surface area (Å²) in [5.74, 6) is 1.82. The Labute approximate surface area is 168 Å². The van der Waals surface area contributed by atoms with Crippen LogP contribution < -0.4 is 0 Å². The molecule has 28 heavy (non-hydrogen) atoms. The van der Waals surface area contributed by atoms with Crippen LogP contribution in [-0.2, 0) is 13.0 Å². The summed E-state index contributed by atoms with van der Waals surface area (Å²) in [5, 5.41) is 0. The number of hydrogen-bond acceptors (Lipinski definition) is 4. The average Bonchev–Trinajstić information content (AvgIpc) is 2.68. The Morgan fingerprint density at radius 2 is 1.86 bits per heavy atom. The fourth-order valence-corrected chi connectivity index (χ4v) is 4.00. The van der Waals surface area contributed by atoms with Crippen LogP contribution in [-0.4, -0.2) is 53.0 Å². The highest BCUT2D eigenvalue weighted by Crippen LogP contribution is 2.19. The van der Waals surface area contributed by atoms with Gasteiger partial charge in [0.05, 0.1) is 0 Å². The van der Waals surface area contributed by atoms with Gasteiger partial charge in [0.2, 0.25) is 0 Å². The second-order valence-electron chi connectivity index (χ2n) is 8.49. The molecule has 1 aliphatic heterocycles. The van der Waals surface area contributed by atoms with Crippen molar-refractivity contribution in [3.8, 4) is 0 Å². The van der Waals surface area contributed by atoms with Crippen molar-refractivity contribution in [1.29, 1.82) is 0 Å². The quantitative estimate of drug-likeness (QED) is 0.685. The fraction of sp³-hybridized carbons (Fsp3) is 0.565. The molecule has 5 heteroatoms. The molecule has 0 N–H and O–H groups in total. The van der Waals surface area contributed by atoms with Crippen LogP contribution in [0.2, 0.25) is 0 Å². The summed E-state index contributed by atoms with van der Waals surface area (Å²) in [6, 6.07) is 6.91. The van der Waals surface area contributed by atoms with Crippen LogP contribution in [0.15, 0.2) is 36.7 Å². The Hall–Kier alpha value is -1.85. The molecule has 1 aromatic carbocycles. The van der Waals surface area contributed by atoms with E-state index in [0.717, 1.165) is 38.4 Å². The van der Waals surface area contributed by atoms with Gasteiger partial charge in [0, 0.05) is 50.1 Å². The number of benzene rings is 1. The minimum atomic E-state index is -0.158. The molecule has 1 aliphatic rings. The zero-order chi connectivity index (χ0) is 19.9.